The number of hydrogen-bond acceptors (Lipinski definition) is 2. The van der Waals surface area contributed by atoms with Gasteiger partial charge in [0.15, 0.2) is 0 Å². The van der Waals surface area contributed by atoms with Crippen LogP contribution >= 0.6 is 23.6 Å². The minimum atomic E-state index is -0.151. The molecule has 0 amide bonds. The van der Waals surface area contributed by atoms with Crippen LogP contribution in [-0.4, -0.2) is 34.5 Å². The molecule has 0 aromatic carbocycles. The zero-order valence-corrected chi connectivity index (χ0v) is 11.9. The van der Waals surface area contributed by atoms with Crippen LogP contribution in [0.25, 0.3) is 0 Å². The lowest BCUT2D eigenvalue weighted by Gasteiger charge is -2.29. The van der Waals surface area contributed by atoms with E-state index in [1.54, 1.807) is 0 Å². The molecule has 0 radical (unpaired) electrons. The van der Waals surface area contributed by atoms with Crippen molar-refractivity contribution in [1.82, 2.24) is 8.84 Å². The predicted molar refractivity (Wildman–Crippen MR) is 69.3 cm³/mol. The number of halogens is 2. The zero-order valence-electron chi connectivity index (χ0n) is 10.4. The summed E-state index contributed by atoms with van der Waals surface area (Å²) in [5.74, 6) is 0. The molecule has 0 aliphatic carbocycles. The predicted octanol–water partition coefficient (Wildman–Crippen LogP) is 3.89. The van der Waals surface area contributed by atoms with Crippen molar-refractivity contribution in [3.63, 3.8) is 0 Å². The standard InChI is InChI=1S/C11H24Cl2N2/c1-5-6-7-9-14(4)10-8-11(2,3)15(12)13/h5-10H2,1-4H3. The maximum absolute atomic E-state index is 5.76. The minimum absolute atomic E-state index is 0.151. The van der Waals surface area contributed by atoms with Gasteiger partial charge < -0.3 is 4.90 Å². The highest BCUT2D eigenvalue weighted by Gasteiger charge is 2.24. The second kappa shape index (κ2) is 7.72. The van der Waals surface area contributed by atoms with Gasteiger partial charge in [-0.3, -0.25) is 0 Å². The van der Waals surface area contributed by atoms with E-state index >= 15 is 0 Å². The highest BCUT2D eigenvalue weighted by atomic mass is 35.5. The molecule has 0 rings (SSSR count). The lowest BCUT2D eigenvalue weighted by atomic mass is 10.0. The van der Waals surface area contributed by atoms with Crippen LogP contribution < -0.4 is 0 Å². The molecule has 0 saturated carbocycles. The summed E-state index contributed by atoms with van der Waals surface area (Å²) in [7, 11) is 2.15. The van der Waals surface area contributed by atoms with Gasteiger partial charge >= 0.3 is 0 Å². The van der Waals surface area contributed by atoms with E-state index in [0.717, 1.165) is 19.5 Å². The zero-order chi connectivity index (χ0) is 11.9. The molecule has 0 aromatic rings. The van der Waals surface area contributed by atoms with E-state index in [2.05, 4.69) is 18.9 Å². The van der Waals surface area contributed by atoms with Crippen molar-refractivity contribution in [2.24, 2.45) is 0 Å². The topological polar surface area (TPSA) is 6.48 Å². The molecule has 0 aliphatic rings. The summed E-state index contributed by atoms with van der Waals surface area (Å²) >= 11 is 11.5. The van der Waals surface area contributed by atoms with Crippen molar-refractivity contribution in [3.8, 4) is 0 Å². The summed E-state index contributed by atoms with van der Waals surface area (Å²) in [6.45, 7) is 8.52. The van der Waals surface area contributed by atoms with E-state index in [1.165, 1.54) is 23.2 Å². The molecule has 0 saturated heterocycles. The first kappa shape index (κ1) is 15.5. The van der Waals surface area contributed by atoms with Crippen LogP contribution in [-0.2, 0) is 0 Å². The summed E-state index contributed by atoms with van der Waals surface area (Å²) in [4.78, 5) is 2.34. The van der Waals surface area contributed by atoms with Gasteiger partial charge in [0.05, 0.1) is 0 Å². The highest BCUT2D eigenvalue weighted by molar-refractivity contribution is 6.34. The summed E-state index contributed by atoms with van der Waals surface area (Å²) < 4.78 is 1.26. The van der Waals surface area contributed by atoms with Gasteiger partial charge in [-0.25, -0.2) is 0 Å². The maximum Gasteiger partial charge on any atom is 0.0482 e. The molecular formula is C11H24Cl2N2. The lowest BCUT2D eigenvalue weighted by Crippen LogP contribution is -2.35. The Morgan fingerprint density at radius 1 is 1.07 bits per heavy atom. The molecule has 0 aromatic heterocycles. The van der Waals surface area contributed by atoms with Gasteiger partial charge in [0, 0.05) is 5.54 Å². The van der Waals surface area contributed by atoms with E-state index in [9.17, 15) is 0 Å². The Kier molecular flexibility index (Phi) is 7.98. The molecule has 0 heterocycles. The minimum Gasteiger partial charge on any atom is -0.306 e. The van der Waals surface area contributed by atoms with E-state index in [4.69, 9.17) is 23.6 Å². The van der Waals surface area contributed by atoms with Crippen LogP contribution in [0.15, 0.2) is 0 Å². The fourth-order valence-electron chi connectivity index (χ4n) is 1.29. The highest BCUT2D eigenvalue weighted by Crippen LogP contribution is 2.23. The molecule has 0 spiro atoms. The molecule has 0 unspecified atom stereocenters. The first-order valence-electron chi connectivity index (χ1n) is 5.70. The second-order valence-corrected chi connectivity index (χ2v) is 5.65. The molecule has 15 heavy (non-hydrogen) atoms. The van der Waals surface area contributed by atoms with Gasteiger partial charge in [0.25, 0.3) is 0 Å². The fraction of sp³-hybridized carbons (Fsp3) is 1.00. The average Bonchev–Trinajstić information content (AvgIpc) is 2.15. The third-order valence-electron chi connectivity index (χ3n) is 2.71. The van der Waals surface area contributed by atoms with Crippen LogP contribution in [0.1, 0.15) is 46.5 Å². The average molecular weight is 255 g/mol. The maximum atomic E-state index is 5.76. The van der Waals surface area contributed by atoms with Crippen LogP contribution in [0, 0.1) is 0 Å². The van der Waals surface area contributed by atoms with Gasteiger partial charge in [-0.05, 0) is 70.4 Å². The van der Waals surface area contributed by atoms with Crippen molar-refractivity contribution in [2.45, 2.75) is 52.0 Å². The van der Waals surface area contributed by atoms with Crippen molar-refractivity contribution in [3.05, 3.63) is 0 Å². The van der Waals surface area contributed by atoms with Crippen molar-refractivity contribution >= 4 is 23.6 Å². The van der Waals surface area contributed by atoms with Gasteiger partial charge in [0.2, 0.25) is 0 Å². The number of nitrogens with zero attached hydrogens (tertiary/aromatic N) is 2. The summed E-state index contributed by atoms with van der Waals surface area (Å²) in [5.41, 5.74) is -0.151. The van der Waals surface area contributed by atoms with Gasteiger partial charge in [-0.15, -0.1) is 3.94 Å². The summed E-state index contributed by atoms with van der Waals surface area (Å²) in [6.07, 6.45) is 4.84. The Bertz CT molecular complexity index is 161. The van der Waals surface area contributed by atoms with Crippen LogP contribution in [0.5, 0.6) is 0 Å². The van der Waals surface area contributed by atoms with Crippen molar-refractivity contribution in [2.75, 3.05) is 20.1 Å². The third kappa shape index (κ3) is 7.40. The van der Waals surface area contributed by atoms with E-state index in [0.29, 0.717) is 0 Å². The number of unbranched alkanes of at least 4 members (excludes halogenated alkanes) is 2. The fourth-order valence-corrected chi connectivity index (χ4v) is 1.46. The molecular weight excluding hydrogens is 231 g/mol. The molecule has 0 N–H and O–H groups in total. The van der Waals surface area contributed by atoms with Crippen molar-refractivity contribution < 1.29 is 0 Å². The Morgan fingerprint density at radius 3 is 2.13 bits per heavy atom. The van der Waals surface area contributed by atoms with Gasteiger partial charge in [-0.2, -0.15) is 0 Å². The quantitative estimate of drug-likeness (QED) is 0.479. The number of rotatable bonds is 8. The largest absolute Gasteiger partial charge is 0.306 e. The SMILES string of the molecule is CCCCCN(C)CCC(C)(C)N(Cl)Cl. The molecule has 0 aliphatic heterocycles. The molecule has 0 atom stereocenters. The van der Waals surface area contributed by atoms with Crippen LogP contribution in [0.2, 0.25) is 0 Å². The van der Waals surface area contributed by atoms with Crippen LogP contribution in [0.4, 0.5) is 0 Å². The third-order valence-corrected chi connectivity index (χ3v) is 3.62. The summed E-state index contributed by atoms with van der Waals surface area (Å²) in [5, 5.41) is 0. The molecule has 0 bridgehead atoms. The van der Waals surface area contributed by atoms with Crippen molar-refractivity contribution in [1.29, 1.82) is 0 Å². The lowest BCUT2D eigenvalue weighted by molar-refractivity contribution is 0.248. The second-order valence-electron chi connectivity index (χ2n) is 4.81. The first-order valence-corrected chi connectivity index (χ1v) is 6.38. The molecule has 4 heteroatoms. The molecule has 2 nitrogen and oxygen atoms in total. The first-order chi connectivity index (χ1) is 6.90. The Hall–Kier alpha value is 0.500. The van der Waals surface area contributed by atoms with Gasteiger partial charge in [0.1, 0.15) is 0 Å². The number of hydrogen-bond donors (Lipinski definition) is 0. The molecule has 0 fully saturated rings. The monoisotopic (exact) mass is 254 g/mol. The van der Waals surface area contributed by atoms with Crippen LogP contribution in [0.3, 0.4) is 0 Å². The van der Waals surface area contributed by atoms with E-state index in [1.807, 2.05) is 13.8 Å². The van der Waals surface area contributed by atoms with Gasteiger partial charge in [-0.1, -0.05) is 19.8 Å². The van der Waals surface area contributed by atoms with E-state index < -0.39 is 0 Å². The summed E-state index contributed by atoms with van der Waals surface area (Å²) in [6, 6.07) is 0. The Balaban J connectivity index is 3.65. The Labute approximate surface area is 105 Å². The smallest absolute Gasteiger partial charge is 0.0482 e. The normalized spacial score (nSPS) is 12.8. The molecule has 92 valence electrons. The van der Waals surface area contributed by atoms with E-state index in [-0.39, 0.29) is 5.54 Å². The Morgan fingerprint density at radius 2 is 1.67 bits per heavy atom.